The summed E-state index contributed by atoms with van der Waals surface area (Å²) in [5.74, 6) is -0.388. The smallest absolute Gasteiger partial charge is 0.307 e. The van der Waals surface area contributed by atoms with E-state index in [1.54, 1.807) is 6.92 Å². The highest BCUT2D eigenvalue weighted by atomic mass is 16.4. The Balaban J connectivity index is 2.27. The molecule has 0 amide bonds. The maximum atomic E-state index is 11.2. The Morgan fingerprint density at radius 1 is 1.44 bits per heavy atom. The van der Waals surface area contributed by atoms with E-state index >= 15 is 0 Å². The Morgan fingerprint density at radius 3 is 2.78 bits per heavy atom. The Bertz CT molecular complexity index is 571. The summed E-state index contributed by atoms with van der Waals surface area (Å²) in [5, 5.41) is 9.19. The number of carbonyl (C=O) groups is 1. The molecule has 1 heterocycles. The van der Waals surface area contributed by atoms with Crippen molar-refractivity contribution in [3.63, 3.8) is 0 Å². The number of hydrogen-bond acceptors (Lipinski definition) is 3. The van der Waals surface area contributed by atoms with Crippen molar-refractivity contribution < 1.29 is 14.3 Å². The number of aryl methyl sites for hydroxylation is 1. The van der Waals surface area contributed by atoms with Crippen molar-refractivity contribution in [3.8, 4) is 0 Å². The van der Waals surface area contributed by atoms with Crippen molar-refractivity contribution >= 4 is 17.1 Å². The number of hydrogen-bond donors (Lipinski definition) is 1. The van der Waals surface area contributed by atoms with Gasteiger partial charge in [-0.1, -0.05) is 19.9 Å². The summed E-state index contributed by atoms with van der Waals surface area (Å²) >= 11 is 0. The van der Waals surface area contributed by atoms with Crippen LogP contribution < -0.4 is 0 Å². The van der Waals surface area contributed by atoms with E-state index < -0.39 is 5.97 Å². The fourth-order valence-corrected chi connectivity index (χ4v) is 2.07. The van der Waals surface area contributed by atoms with Gasteiger partial charge in [0.2, 0.25) is 0 Å². The van der Waals surface area contributed by atoms with Crippen LogP contribution in [0, 0.1) is 18.8 Å². The van der Waals surface area contributed by atoms with Gasteiger partial charge in [0.25, 0.3) is 0 Å². The van der Waals surface area contributed by atoms with Gasteiger partial charge in [-0.2, -0.15) is 0 Å². The summed E-state index contributed by atoms with van der Waals surface area (Å²) in [4.78, 5) is 15.4. The highest BCUT2D eigenvalue weighted by Crippen LogP contribution is 2.22. The zero-order valence-corrected chi connectivity index (χ0v) is 10.8. The molecule has 0 radical (unpaired) electrons. The lowest BCUT2D eigenvalue weighted by Crippen LogP contribution is -2.22. The van der Waals surface area contributed by atoms with Crippen LogP contribution in [0.15, 0.2) is 22.6 Å². The quantitative estimate of drug-likeness (QED) is 0.902. The van der Waals surface area contributed by atoms with Crippen LogP contribution in [0.4, 0.5) is 0 Å². The van der Waals surface area contributed by atoms with E-state index in [0.29, 0.717) is 12.3 Å². The summed E-state index contributed by atoms with van der Waals surface area (Å²) < 4.78 is 5.45. The number of carboxylic acid groups (broad SMARTS) is 1. The predicted octanol–water partition coefficient (Wildman–Crippen LogP) is 3.04. The van der Waals surface area contributed by atoms with E-state index in [2.05, 4.69) is 4.98 Å². The Labute approximate surface area is 106 Å². The van der Waals surface area contributed by atoms with Gasteiger partial charge in [0.05, 0.1) is 5.92 Å². The largest absolute Gasteiger partial charge is 0.481 e. The molecule has 0 aliphatic heterocycles. The number of aromatic nitrogens is 1. The normalized spacial score (nSPS) is 13.1. The van der Waals surface area contributed by atoms with Crippen molar-refractivity contribution in [2.75, 3.05) is 0 Å². The molecule has 0 saturated carbocycles. The van der Waals surface area contributed by atoms with Crippen molar-refractivity contribution in [3.05, 3.63) is 29.7 Å². The molecule has 2 aromatic rings. The van der Waals surface area contributed by atoms with Crippen LogP contribution in [-0.2, 0) is 11.2 Å². The SMILES string of the molecule is Cc1nc2ccc(CC(C(=O)O)C(C)C)cc2o1. The first-order valence-corrected chi connectivity index (χ1v) is 6.06. The zero-order valence-electron chi connectivity index (χ0n) is 10.8. The molecule has 0 spiro atoms. The standard InChI is InChI=1S/C14H17NO3/c1-8(2)11(14(16)17)6-10-4-5-12-13(7-10)18-9(3)15-12/h4-5,7-8,11H,6H2,1-3H3,(H,16,17). The van der Waals surface area contributed by atoms with Gasteiger partial charge in [0.1, 0.15) is 5.52 Å². The number of benzene rings is 1. The molecule has 1 N–H and O–H groups in total. The molecule has 0 aliphatic rings. The van der Waals surface area contributed by atoms with Gasteiger partial charge in [-0.3, -0.25) is 4.79 Å². The monoisotopic (exact) mass is 247 g/mol. The minimum atomic E-state index is -0.751. The summed E-state index contributed by atoms with van der Waals surface area (Å²) in [6.07, 6.45) is 0.517. The number of aliphatic carboxylic acids is 1. The maximum Gasteiger partial charge on any atom is 0.307 e. The van der Waals surface area contributed by atoms with Gasteiger partial charge in [0.15, 0.2) is 11.5 Å². The van der Waals surface area contributed by atoms with E-state index in [4.69, 9.17) is 4.42 Å². The second-order valence-corrected chi connectivity index (χ2v) is 4.93. The maximum absolute atomic E-state index is 11.2. The molecule has 4 nitrogen and oxygen atoms in total. The van der Waals surface area contributed by atoms with E-state index in [1.165, 1.54) is 0 Å². The minimum absolute atomic E-state index is 0.106. The fourth-order valence-electron chi connectivity index (χ4n) is 2.07. The Morgan fingerprint density at radius 2 is 2.17 bits per heavy atom. The zero-order chi connectivity index (χ0) is 13.3. The molecule has 1 unspecified atom stereocenters. The fraction of sp³-hybridized carbons (Fsp3) is 0.429. The molecule has 1 aromatic carbocycles. The van der Waals surface area contributed by atoms with Crippen molar-refractivity contribution in [2.24, 2.45) is 11.8 Å². The Hall–Kier alpha value is -1.84. The van der Waals surface area contributed by atoms with Crippen LogP contribution in [0.25, 0.3) is 11.1 Å². The summed E-state index contributed by atoms with van der Waals surface area (Å²) in [5.41, 5.74) is 2.50. The molecule has 0 fully saturated rings. The van der Waals surface area contributed by atoms with Gasteiger partial charge >= 0.3 is 5.97 Å². The number of nitrogens with zero attached hydrogens (tertiary/aromatic N) is 1. The second-order valence-electron chi connectivity index (χ2n) is 4.93. The van der Waals surface area contributed by atoms with Crippen molar-refractivity contribution in [1.29, 1.82) is 0 Å². The molecule has 0 saturated heterocycles. The van der Waals surface area contributed by atoms with Crippen LogP contribution in [-0.4, -0.2) is 16.1 Å². The summed E-state index contributed by atoms with van der Waals surface area (Å²) in [7, 11) is 0. The molecule has 96 valence electrons. The van der Waals surface area contributed by atoms with Crippen LogP contribution in [0.1, 0.15) is 25.3 Å². The number of fused-ring (bicyclic) bond motifs is 1. The molecule has 2 rings (SSSR count). The number of carboxylic acids is 1. The molecule has 0 bridgehead atoms. The highest BCUT2D eigenvalue weighted by Gasteiger charge is 2.22. The third kappa shape index (κ3) is 2.53. The average Bonchev–Trinajstić information content (AvgIpc) is 2.64. The van der Waals surface area contributed by atoms with Crippen LogP contribution >= 0.6 is 0 Å². The van der Waals surface area contributed by atoms with Gasteiger partial charge < -0.3 is 9.52 Å². The Kier molecular flexibility index (Phi) is 3.36. The minimum Gasteiger partial charge on any atom is -0.481 e. The first kappa shape index (κ1) is 12.6. The first-order chi connectivity index (χ1) is 8.47. The van der Waals surface area contributed by atoms with Crippen molar-refractivity contribution in [2.45, 2.75) is 27.2 Å². The third-order valence-electron chi connectivity index (χ3n) is 3.14. The lowest BCUT2D eigenvalue weighted by Gasteiger charge is -2.15. The molecule has 1 atom stereocenters. The topological polar surface area (TPSA) is 63.3 Å². The van der Waals surface area contributed by atoms with Gasteiger partial charge in [-0.25, -0.2) is 4.98 Å². The second kappa shape index (κ2) is 4.80. The van der Waals surface area contributed by atoms with Crippen LogP contribution in [0.2, 0.25) is 0 Å². The molecule has 4 heteroatoms. The summed E-state index contributed by atoms with van der Waals surface area (Å²) in [6, 6.07) is 5.68. The van der Waals surface area contributed by atoms with Gasteiger partial charge in [-0.15, -0.1) is 0 Å². The summed E-state index contributed by atoms with van der Waals surface area (Å²) in [6.45, 7) is 5.65. The number of rotatable bonds is 4. The highest BCUT2D eigenvalue weighted by molar-refractivity contribution is 5.74. The third-order valence-corrected chi connectivity index (χ3v) is 3.14. The van der Waals surface area contributed by atoms with Gasteiger partial charge in [-0.05, 0) is 30.0 Å². The molecule has 18 heavy (non-hydrogen) atoms. The van der Waals surface area contributed by atoms with E-state index in [-0.39, 0.29) is 11.8 Å². The lowest BCUT2D eigenvalue weighted by molar-refractivity contribution is -0.143. The molecular weight excluding hydrogens is 230 g/mol. The predicted molar refractivity (Wildman–Crippen MR) is 68.4 cm³/mol. The van der Waals surface area contributed by atoms with Crippen LogP contribution in [0.3, 0.4) is 0 Å². The van der Waals surface area contributed by atoms with Crippen LogP contribution in [0.5, 0.6) is 0 Å². The molecule has 0 aliphatic carbocycles. The van der Waals surface area contributed by atoms with E-state index in [0.717, 1.165) is 16.7 Å². The lowest BCUT2D eigenvalue weighted by atomic mass is 9.89. The van der Waals surface area contributed by atoms with Crippen molar-refractivity contribution in [1.82, 2.24) is 4.98 Å². The van der Waals surface area contributed by atoms with E-state index in [1.807, 2.05) is 32.0 Å². The number of oxazole rings is 1. The molecule has 1 aromatic heterocycles. The van der Waals surface area contributed by atoms with E-state index in [9.17, 15) is 9.90 Å². The first-order valence-electron chi connectivity index (χ1n) is 6.06. The average molecular weight is 247 g/mol. The van der Waals surface area contributed by atoms with Gasteiger partial charge in [0, 0.05) is 6.92 Å². The molecular formula is C14H17NO3.